The molecule has 25 heavy (non-hydrogen) atoms. The van der Waals surface area contributed by atoms with E-state index in [1.54, 1.807) is 0 Å². The van der Waals surface area contributed by atoms with Crippen LogP contribution in [-0.2, 0) is 4.74 Å². The van der Waals surface area contributed by atoms with Gasteiger partial charge < -0.3 is 14.8 Å². The summed E-state index contributed by atoms with van der Waals surface area (Å²) < 4.78 is 11.6. The molecule has 1 aliphatic heterocycles. The van der Waals surface area contributed by atoms with E-state index in [1.165, 1.54) is 12.0 Å². The van der Waals surface area contributed by atoms with Crippen LogP contribution < -0.4 is 10.1 Å². The highest BCUT2D eigenvalue weighted by molar-refractivity contribution is 5.30. The molecule has 0 saturated carbocycles. The van der Waals surface area contributed by atoms with Gasteiger partial charge in [0.2, 0.25) is 0 Å². The molecular formula is C22H37NO2. The monoisotopic (exact) mass is 347 g/mol. The van der Waals surface area contributed by atoms with Gasteiger partial charge in [-0.1, -0.05) is 26.0 Å². The Bertz CT molecular complexity index is 507. The molecule has 1 aromatic carbocycles. The van der Waals surface area contributed by atoms with Crippen LogP contribution >= 0.6 is 0 Å². The zero-order chi connectivity index (χ0) is 18.4. The van der Waals surface area contributed by atoms with Crippen LogP contribution in [0.25, 0.3) is 0 Å². The summed E-state index contributed by atoms with van der Waals surface area (Å²) in [6, 6.07) is 9.27. The standard InChI is InChI=1S/C22H37NO2/c1-16(2)21(18-7-9-20(10-8-18)25-17(3)4)11-13-23-19-12-14-24-22(5,6)15-19/h7-10,16-17,19,21,23H,11-15H2,1-6H3/t19-,21+/m0/s1. The Hall–Kier alpha value is -1.06. The lowest BCUT2D eigenvalue weighted by atomic mass is 9.85. The minimum atomic E-state index is 0.0135. The third-order valence-corrected chi connectivity index (χ3v) is 5.07. The van der Waals surface area contributed by atoms with Crippen molar-refractivity contribution in [2.45, 2.75) is 84.5 Å². The minimum absolute atomic E-state index is 0.0135. The smallest absolute Gasteiger partial charge is 0.119 e. The van der Waals surface area contributed by atoms with Crippen LogP contribution in [-0.4, -0.2) is 30.9 Å². The lowest BCUT2D eigenvalue weighted by Gasteiger charge is -2.36. The molecule has 0 aliphatic carbocycles. The third-order valence-electron chi connectivity index (χ3n) is 5.07. The van der Waals surface area contributed by atoms with Gasteiger partial charge in [0.05, 0.1) is 11.7 Å². The van der Waals surface area contributed by atoms with Gasteiger partial charge in [0.25, 0.3) is 0 Å². The predicted molar refractivity (Wildman–Crippen MR) is 105 cm³/mol. The molecule has 3 nitrogen and oxygen atoms in total. The largest absolute Gasteiger partial charge is 0.491 e. The highest BCUT2D eigenvalue weighted by atomic mass is 16.5. The van der Waals surface area contributed by atoms with Crippen LogP contribution in [0.5, 0.6) is 5.75 Å². The lowest BCUT2D eigenvalue weighted by molar-refractivity contribution is -0.0628. The van der Waals surface area contributed by atoms with Crippen molar-refractivity contribution in [3.8, 4) is 5.75 Å². The zero-order valence-electron chi connectivity index (χ0n) is 17.0. The first-order chi connectivity index (χ1) is 11.8. The summed E-state index contributed by atoms with van der Waals surface area (Å²) in [4.78, 5) is 0. The van der Waals surface area contributed by atoms with Crippen LogP contribution in [0.15, 0.2) is 24.3 Å². The molecule has 0 radical (unpaired) electrons. The van der Waals surface area contributed by atoms with Gasteiger partial charge in [0, 0.05) is 12.6 Å². The quantitative estimate of drug-likeness (QED) is 0.705. The highest BCUT2D eigenvalue weighted by Crippen LogP contribution is 2.30. The molecule has 1 fully saturated rings. The fourth-order valence-corrected chi connectivity index (χ4v) is 3.80. The summed E-state index contributed by atoms with van der Waals surface area (Å²) in [5.41, 5.74) is 1.43. The van der Waals surface area contributed by atoms with Crippen molar-refractivity contribution in [2.24, 2.45) is 5.92 Å². The summed E-state index contributed by atoms with van der Waals surface area (Å²) in [7, 11) is 0. The van der Waals surface area contributed by atoms with E-state index in [9.17, 15) is 0 Å². The van der Waals surface area contributed by atoms with Gasteiger partial charge in [-0.05, 0) is 83.0 Å². The molecule has 1 N–H and O–H groups in total. The predicted octanol–water partition coefficient (Wildman–Crippen LogP) is 5.15. The number of nitrogens with one attached hydrogen (secondary N) is 1. The molecule has 2 atom stereocenters. The molecule has 3 heteroatoms. The molecule has 1 aliphatic rings. The average Bonchev–Trinajstić information content (AvgIpc) is 2.51. The van der Waals surface area contributed by atoms with E-state index in [0.29, 0.717) is 17.9 Å². The second-order valence-corrected chi connectivity index (χ2v) is 8.63. The van der Waals surface area contributed by atoms with Gasteiger partial charge >= 0.3 is 0 Å². The Morgan fingerprint density at radius 3 is 2.40 bits per heavy atom. The van der Waals surface area contributed by atoms with Gasteiger partial charge in [0.15, 0.2) is 0 Å². The number of rotatable bonds is 8. The van der Waals surface area contributed by atoms with Crippen LogP contribution in [0.4, 0.5) is 0 Å². The van der Waals surface area contributed by atoms with Crippen molar-refractivity contribution < 1.29 is 9.47 Å². The summed E-state index contributed by atoms with van der Waals surface area (Å²) in [6.45, 7) is 15.1. The second kappa shape index (κ2) is 9.05. The van der Waals surface area contributed by atoms with Gasteiger partial charge in [0.1, 0.15) is 5.75 Å². The normalized spacial score (nSPS) is 21.5. The van der Waals surface area contributed by atoms with Crippen LogP contribution in [0, 0.1) is 5.92 Å². The molecule has 142 valence electrons. The maximum atomic E-state index is 5.82. The Morgan fingerprint density at radius 1 is 1.16 bits per heavy atom. The average molecular weight is 348 g/mol. The Labute approximate surface area is 154 Å². The van der Waals surface area contributed by atoms with Crippen molar-refractivity contribution >= 4 is 0 Å². The van der Waals surface area contributed by atoms with Crippen molar-refractivity contribution in [3.63, 3.8) is 0 Å². The van der Waals surface area contributed by atoms with Crippen LogP contribution in [0.2, 0.25) is 0 Å². The minimum Gasteiger partial charge on any atom is -0.491 e. The number of ether oxygens (including phenoxy) is 2. The maximum Gasteiger partial charge on any atom is 0.119 e. The zero-order valence-corrected chi connectivity index (χ0v) is 17.0. The van der Waals surface area contributed by atoms with Gasteiger partial charge in [-0.3, -0.25) is 0 Å². The molecule has 0 bridgehead atoms. The second-order valence-electron chi connectivity index (χ2n) is 8.63. The summed E-state index contributed by atoms with van der Waals surface area (Å²) in [5, 5.41) is 3.77. The van der Waals surface area contributed by atoms with E-state index < -0.39 is 0 Å². The number of benzene rings is 1. The fourth-order valence-electron chi connectivity index (χ4n) is 3.80. The van der Waals surface area contributed by atoms with Gasteiger partial charge in [-0.25, -0.2) is 0 Å². The molecule has 0 unspecified atom stereocenters. The van der Waals surface area contributed by atoms with Crippen molar-refractivity contribution in [3.05, 3.63) is 29.8 Å². The molecule has 1 aromatic rings. The summed E-state index contributed by atoms with van der Waals surface area (Å²) in [5.74, 6) is 2.17. The molecular weight excluding hydrogens is 310 g/mol. The van der Waals surface area contributed by atoms with E-state index in [4.69, 9.17) is 9.47 Å². The van der Waals surface area contributed by atoms with Crippen molar-refractivity contribution in [1.29, 1.82) is 0 Å². The molecule has 0 spiro atoms. The lowest BCUT2D eigenvalue weighted by Crippen LogP contribution is -2.44. The molecule has 0 aromatic heterocycles. The summed E-state index contributed by atoms with van der Waals surface area (Å²) in [6.07, 6.45) is 3.61. The topological polar surface area (TPSA) is 30.5 Å². The van der Waals surface area contributed by atoms with Crippen LogP contribution in [0.3, 0.4) is 0 Å². The fraction of sp³-hybridized carbons (Fsp3) is 0.727. The number of hydrogen-bond acceptors (Lipinski definition) is 3. The van der Waals surface area contributed by atoms with E-state index in [0.717, 1.165) is 31.7 Å². The first-order valence-corrected chi connectivity index (χ1v) is 9.91. The Balaban J connectivity index is 1.88. The van der Waals surface area contributed by atoms with Crippen molar-refractivity contribution in [1.82, 2.24) is 5.32 Å². The Morgan fingerprint density at radius 2 is 1.84 bits per heavy atom. The summed E-state index contributed by atoms with van der Waals surface area (Å²) >= 11 is 0. The first kappa shape index (κ1) is 20.3. The van der Waals surface area contributed by atoms with Crippen molar-refractivity contribution in [2.75, 3.05) is 13.2 Å². The van der Waals surface area contributed by atoms with Crippen LogP contribution in [0.1, 0.15) is 72.3 Å². The van der Waals surface area contributed by atoms with Gasteiger partial charge in [-0.2, -0.15) is 0 Å². The highest BCUT2D eigenvalue weighted by Gasteiger charge is 2.28. The SMILES string of the molecule is CC(C)Oc1ccc([C@H](CCN[C@H]2CCOC(C)(C)C2)C(C)C)cc1. The third kappa shape index (κ3) is 6.63. The Kier molecular flexibility index (Phi) is 7.33. The number of hydrogen-bond donors (Lipinski definition) is 1. The maximum absolute atomic E-state index is 5.82. The van der Waals surface area contributed by atoms with E-state index in [-0.39, 0.29) is 11.7 Å². The molecule has 1 heterocycles. The van der Waals surface area contributed by atoms with E-state index >= 15 is 0 Å². The first-order valence-electron chi connectivity index (χ1n) is 9.91. The molecule has 0 amide bonds. The van der Waals surface area contributed by atoms with E-state index in [2.05, 4.69) is 71.1 Å². The van der Waals surface area contributed by atoms with Gasteiger partial charge in [-0.15, -0.1) is 0 Å². The molecule has 2 rings (SSSR count). The van der Waals surface area contributed by atoms with E-state index in [1.807, 2.05) is 0 Å². The molecule has 1 saturated heterocycles.